The van der Waals surface area contributed by atoms with E-state index < -0.39 is 7.82 Å². The van der Waals surface area contributed by atoms with Crippen LogP contribution in [0.4, 0.5) is 0 Å². The molecule has 0 heterocycles. The SMILES string of the molecule is CCNCC.COP(=O)(O)OC. The number of nitrogens with one attached hydrogen (secondary N) is 1. The first-order valence-electron chi connectivity index (χ1n) is 3.69. The van der Waals surface area contributed by atoms with Crippen molar-refractivity contribution in [2.24, 2.45) is 0 Å². The Morgan fingerprint density at radius 1 is 1.25 bits per heavy atom. The molecule has 0 aromatic rings. The zero-order valence-corrected chi connectivity index (χ0v) is 8.93. The summed E-state index contributed by atoms with van der Waals surface area (Å²) in [6.07, 6.45) is 0. The molecule has 0 saturated carbocycles. The molecule has 76 valence electrons. The highest BCUT2D eigenvalue weighted by Gasteiger charge is 2.13. The molecular formula is C6H18NO4P. The van der Waals surface area contributed by atoms with E-state index in [-0.39, 0.29) is 0 Å². The third-order valence-corrected chi connectivity index (χ3v) is 1.88. The van der Waals surface area contributed by atoms with E-state index in [0.717, 1.165) is 27.3 Å². The van der Waals surface area contributed by atoms with Crippen LogP contribution in [0.2, 0.25) is 0 Å². The smallest absolute Gasteiger partial charge is 0.317 e. The highest BCUT2D eigenvalue weighted by atomic mass is 31.2. The van der Waals surface area contributed by atoms with Gasteiger partial charge in [-0.25, -0.2) is 4.57 Å². The van der Waals surface area contributed by atoms with Gasteiger partial charge >= 0.3 is 7.82 Å². The molecule has 0 aromatic carbocycles. The van der Waals surface area contributed by atoms with Gasteiger partial charge in [0.25, 0.3) is 0 Å². The lowest BCUT2D eigenvalue weighted by molar-refractivity contribution is 0.204. The molecule has 0 unspecified atom stereocenters. The molecule has 0 amide bonds. The lowest BCUT2D eigenvalue weighted by Gasteiger charge is -2.01. The minimum atomic E-state index is -3.65. The minimum absolute atomic E-state index is 1.09. The van der Waals surface area contributed by atoms with Crippen molar-refractivity contribution in [3.63, 3.8) is 0 Å². The van der Waals surface area contributed by atoms with Gasteiger partial charge in [0.15, 0.2) is 0 Å². The van der Waals surface area contributed by atoms with Crippen LogP contribution in [0.25, 0.3) is 0 Å². The highest BCUT2D eigenvalue weighted by molar-refractivity contribution is 7.47. The summed E-state index contributed by atoms with van der Waals surface area (Å²) in [7, 11) is -1.45. The van der Waals surface area contributed by atoms with Crippen LogP contribution in [-0.2, 0) is 13.6 Å². The predicted molar refractivity (Wildman–Crippen MR) is 48.1 cm³/mol. The van der Waals surface area contributed by atoms with Crippen LogP contribution in [0.3, 0.4) is 0 Å². The Bertz CT molecular complexity index is 121. The maximum absolute atomic E-state index is 10.1. The van der Waals surface area contributed by atoms with Crippen LogP contribution in [0.1, 0.15) is 13.8 Å². The monoisotopic (exact) mass is 199 g/mol. The van der Waals surface area contributed by atoms with Gasteiger partial charge < -0.3 is 10.2 Å². The molecule has 0 bridgehead atoms. The summed E-state index contributed by atoms with van der Waals surface area (Å²) in [6, 6.07) is 0. The van der Waals surface area contributed by atoms with E-state index in [1.165, 1.54) is 0 Å². The second-order valence-corrected chi connectivity index (χ2v) is 3.46. The molecule has 0 rings (SSSR count). The molecule has 0 spiro atoms. The van der Waals surface area contributed by atoms with Crippen LogP contribution in [0.15, 0.2) is 0 Å². The summed E-state index contributed by atoms with van der Waals surface area (Å²) in [4.78, 5) is 8.24. The number of phosphoric acid groups is 1. The molecule has 0 saturated heterocycles. The first kappa shape index (κ1) is 14.6. The number of phosphoric ester groups is 1. The molecule has 0 aliphatic carbocycles. The van der Waals surface area contributed by atoms with Gasteiger partial charge in [-0.15, -0.1) is 0 Å². The predicted octanol–water partition coefficient (Wildman–Crippen LogP) is 0.995. The largest absolute Gasteiger partial charge is 0.471 e. The molecule has 0 fully saturated rings. The first-order chi connectivity index (χ1) is 5.54. The zero-order chi connectivity index (χ0) is 10.0. The molecule has 0 radical (unpaired) electrons. The van der Waals surface area contributed by atoms with Gasteiger partial charge in [0.05, 0.1) is 0 Å². The van der Waals surface area contributed by atoms with Crippen molar-refractivity contribution in [2.75, 3.05) is 27.3 Å². The maximum Gasteiger partial charge on any atom is 0.471 e. The second kappa shape index (κ2) is 9.16. The van der Waals surface area contributed by atoms with Crippen molar-refractivity contribution in [3.05, 3.63) is 0 Å². The third kappa shape index (κ3) is 12.7. The topological polar surface area (TPSA) is 67.8 Å². The van der Waals surface area contributed by atoms with Crippen LogP contribution in [-0.4, -0.2) is 32.2 Å². The summed E-state index contributed by atoms with van der Waals surface area (Å²) >= 11 is 0. The van der Waals surface area contributed by atoms with Crippen LogP contribution < -0.4 is 5.32 Å². The van der Waals surface area contributed by atoms with Gasteiger partial charge in [0.2, 0.25) is 0 Å². The van der Waals surface area contributed by atoms with Crippen molar-refractivity contribution in [1.29, 1.82) is 0 Å². The van der Waals surface area contributed by atoms with Gasteiger partial charge in [-0.05, 0) is 13.1 Å². The Hall–Kier alpha value is 0.0700. The van der Waals surface area contributed by atoms with E-state index in [0.29, 0.717) is 0 Å². The summed E-state index contributed by atoms with van der Waals surface area (Å²) in [6.45, 7) is 6.39. The van der Waals surface area contributed by atoms with Crippen LogP contribution in [0, 0.1) is 0 Å². The average molecular weight is 199 g/mol. The molecule has 0 aliphatic rings. The van der Waals surface area contributed by atoms with Gasteiger partial charge in [-0.3, -0.25) is 9.05 Å². The molecule has 2 N–H and O–H groups in total. The fraction of sp³-hybridized carbons (Fsp3) is 1.00. The molecule has 5 nitrogen and oxygen atoms in total. The Balaban J connectivity index is 0. The average Bonchev–Trinajstić information content (AvgIpc) is 2.07. The van der Waals surface area contributed by atoms with E-state index in [2.05, 4.69) is 28.2 Å². The summed E-state index contributed by atoms with van der Waals surface area (Å²) in [5.41, 5.74) is 0. The van der Waals surface area contributed by atoms with Crippen molar-refractivity contribution < 1.29 is 18.5 Å². The minimum Gasteiger partial charge on any atom is -0.317 e. The summed E-state index contributed by atoms with van der Waals surface area (Å²) in [5.74, 6) is 0. The molecule has 12 heavy (non-hydrogen) atoms. The maximum atomic E-state index is 10.1. The Morgan fingerprint density at radius 3 is 1.58 bits per heavy atom. The van der Waals surface area contributed by atoms with E-state index >= 15 is 0 Å². The lowest BCUT2D eigenvalue weighted by Crippen LogP contribution is -2.09. The first-order valence-corrected chi connectivity index (χ1v) is 5.18. The van der Waals surface area contributed by atoms with Gasteiger partial charge in [-0.2, -0.15) is 0 Å². The third-order valence-electron chi connectivity index (χ3n) is 0.961. The van der Waals surface area contributed by atoms with E-state index in [9.17, 15) is 4.57 Å². The Labute approximate surface area is 73.7 Å². The summed E-state index contributed by atoms with van der Waals surface area (Å²) < 4.78 is 18.0. The Morgan fingerprint density at radius 2 is 1.58 bits per heavy atom. The zero-order valence-electron chi connectivity index (χ0n) is 8.03. The number of hydrogen-bond donors (Lipinski definition) is 2. The summed E-state index contributed by atoms with van der Waals surface area (Å²) in [5, 5.41) is 3.11. The molecule has 0 atom stereocenters. The van der Waals surface area contributed by atoms with E-state index in [1.807, 2.05) is 0 Å². The molecule has 6 heteroatoms. The number of hydrogen-bond acceptors (Lipinski definition) is 4. The van der Waals surface area contributed by atoms with Gasteiger partial charge in [-0.1, -0.05) is 13.8 Å². The Kier molecular flexibility index (Phi) is 11.1. The second-order valence-electron chi connectivity index (χ2n) is 1.79. The molecule has 0 aliphatic heterocycles. The fourth-order valence-corrected chi connectivity index (χ4v) is 0.474. The van der Waals surface area contributed by atoms with Crippen molar-refractivity contribution in [1.82, 2.24) is 5.32 Å². The van der Waals surface area contributed by atoms with Crippen LogP contribution >= 0.6 is 7.82 Å². The van der Waals surface area contributed by atoms with Crippen molar-refractivity contribution >= 4 is 7.82 Å². The lowest BCUT2D eigenvalue weighted by atomic mass is 10.7. The van der Waals surface area contributed by atoms with Crippen molar-refractivity contribution in [2.45, 2.75) is 13.8 Å². The van der Waals surface area contributed by atoms with E-state index in [4.69, 9.17) is 4.89 Å². The fourth-order valence-electron chi connectivity index (χ4n) is 0.325. The van der Waals surface area contributed by atoms with Crippen LogP contribution in [0.5, 0.6) is 0 Å². The molecular weight excluding hydrogens is 181 g/mol. The van der Waals surface area contributed by atoms with Gasteiger partial charge in [0.1, 0.15) is 0 Å². The molecule has 0 aromatic heterocycles. The highest BCUT2D eigenvalue weighted by Crippen LogP contribution is 2.40. The number of rotatable bonds is 4. The van der Waals surface area contributed by atoms with Gasteiger partial charge in [0, 0.05) is 14.2 Å². The normalized spacial score (nSPS) is 10.4. The quantitative estimate of drug-likeness (QED) is 0.661. The van der Waals surface area contributed by atoms with Crippen molar-refractivity contribution in [3.8, 4) is 0 Å². The standard InChI is InChI=1S/C4H11N.C2H7O4P/c1-3-5-4-2;1-5-7(3,4)6-2/h5H,3-4H2,1-2H3;1-2H3,(H,3,4). The van der Waals surface area contributed by atoms with E-state index in [1.54, 1.807) is 0 Å².